The van der Waals surface area contributed by atoms with Crippen LogP contribution in [0.5, 0.6) is 0 Å². The van der Waals surface area contributed by atoms with Gasteiger partial charge in [-0.25, -0.2) is 0 Å². The van der Waals surface area contributed by atoms with E-state index in [0.717, 1.165) is 12.8 Å². The third kappa shape index (κ3) is 2.79. The Bertz CT molecular complexity index is 157. The van der Waals surface area contributed by atoms with E-state index in [4.69, 9.17) is 9.84 Å². The first-order chi connectivity index (χ1) is 5.77. The maximum Gasteiger partial charge on any atom is 0.305 e. The molecule has 0 aromatic rings. The van der Waals surface area contributed by atoms with Gasteiger partial charge in [-0.3, -0.25) is 4.79 Å². The van der Waals surface area contributed by atoms with Gasteiger partial charge in [0.2, 0.25) is 0 Å². The number of hydrogen-bond acceptors (Lipinski definition) is 4. The summed E-state index contributed by atoms with van der Waals surface area (Å²) in [4.78, 5) is 10.7. The van der Waals surface area contributed by atoms with Crippen LogP contribution in [0.1, 0.15) is 19.3 Å². The maximum absolute atomic E-state index is 10.7. The molecule has 0 spiro atoms. The third-order valence-electron chi connectivity index (χ3n) is 1.96. The molecule has 1 aliphatic heterocycles. The van der Waals surface area contributed by atoms with E-state index in [1.54, 1.807) is 0 Å². The van der Waals surface area contributed by atoms with Gasteiger partial charge in [-0.15, -0.1) is 0 Å². The fourth-order valence-corrected chi connectivity index (χ4v) is 1.14. The van der Waals surface area contributed by atoms with E-state index in [0.29, 0.717) is 6.42 Å². The standard InChI is InChI=1S/C8H14O4/c1-11-8(10)4-2-3-6-7(5-9)12-6/h6-7,9H,2-5H2,1H3/t6-,7+/m1/s1. The highest BCUT2D eigenvalue weighted by atomic mass is 16.6. The maximum atomic E-state index is 10.7. The van der Waals surface area contributed by atoms with Gasteiger partial charge in [-0.05, 0) is 12.8 Å². The number of ether oxygens (including phenoxy) is 2. The fraction of sp³-hybridized carbons (Fsp3) is 0.875. The average Bonchev–Trinajstić information content (AvgIpc) is 2.83. The molecule has 2 atom stereocenters. The van der Waals surface area contributed by atoms with Crippen LogP contribution in [0.15, 0.2) is 0 Å². The summed E-state index contributed by atoms with van der Waals surface area (Å²) in [6.45, 7) is 0.0862. The molecule has 70 valence electrons. The summed E-state index contributed by atoms with van der Waals surface area (Å²) in [7, 11) is 1.38. The number of carbonyl (C=O) groups excluding carboxylic acids is 1. The molecule has 1 heterocycles. The summed E-state index contributed by atoms with van der Waals surface area (Å²) in [5.41, 5.74) is 0. The van der Waals surface area contributed by atoms with E-state index in [1.807, 2.05) is 0 Å². The summed E-state index contributed by atoms with van der Waals surface area (Å²) in [5.74, 6) is -0.184. The smallest absolute Gasteiger partial charge is 0.305 e. The first-order valence-corrected chi connectivity index (χ1v) is 4.11. The summed E-state index contributed by atoms with van der Waals surface area (Å²) < 4.78 is 9.56. The molecule has 0 radical (unpaired) electrons. The Kier molecular flexibility index (Phi) is 3.49. The van der Waals surface area contributed by atoms with Crippen molar-refractivity contribution in [2.45, 2.75) is 31.5 Å². The molecule has 0 unspecified atom stereocenters. The molecule has 4 nitrogen and oxygen atoms in total. The van der Waals surface area contributed by atoms with Gasteiger partial charge >= 0.3 is 5.97 Å². The summed E-state index contributed by atoms with van der Waals surface area (Å²) in [6, 6.07) is 0. The number of carbonyl (C=O) groups is 1. The van der Waals surface area contributed by atoms with E-state index in [9.17, 15) is 4.79 Å². The lowest BCUT2D eigenvalue weighted by molar-refractivity contribution is -0.140. The number of rotatable bonds is 5. The van der Waals surface area contributed by atoms with Crippen molar-refractivity contribution in [2.75, 3.05) is 13.7 Å². The van der Waals surface area contributed by atoms with Gasteiger partial charge in [-0.1, -0.05) is 0 Å². The summed E-state index contributed by atoms with van der Waals surface area (Å²) in [6.07, 6.45) is 2.23. The number of esters is 1. The van der Waals surface area contributed by atoms with Gasteiger partial charge in [0, 0.05) is 6.42 Å². The minimum Gasteiger partial charge on any atom is -0.469 e. The monoisotopic (exact) mass is 174 g/mol. The quantitative estimate of drug-likeness (QED) is 0.474. The van der Waals surface area contributed by atoms with E-state index in [-0.39, 0.29) is 24.8 Å². The number of aliphatic hydroxyl groups is 1. The SMILES string of the molecule is COC(=O)CCC[C@H]1O[C@H]1CO. The Hall–Kier alpha value is -0.610. The van der Waals surface area contributed by atoms with E-state index in [2.05, 4.69) is 4.74 Å². The molecule has 0 aromatic carbocycles. The highest BCUT2D eigenvalue weighted by Crippen LogP contribution is 2.26. The van der Waals surface area contributed by atoms with E-state index >= 15 is 0 Å². The predicted octanol–water partition coefficient (Wildman–Crippen LogP) is 0.0894. The Morgan fingerprint density at radius 2 is 2.33 bits per heavy atom. The largest absolute Gasteiger partial charge is 0.469 e. The first kappa shape index (κ1) is 9.48. The van der Waals surface area contributed by atoms with Crippen LogP contribution in [-0.2, 0) is 14.3 Å². The molecule has 1 N–H and O–H groups in total. The van der Waals surface area contributed by atoms with Crippen LogP contribution in [0.4, 0.5) is 0 Å². The van der Waals surface area contributed by atoms with Crippen LogP contribution in [0.25, 0.3) is 0 Å². The highest BCUT2D eigenvalue weighted by Gasteiger charge is 2.37. The minimum absolute atomic E-state index is 0.0163. The average molecular weight is 174 g/mol. The van der Waals surface area contributed by atoms with Crippen LogP contribution >= 0.6 is 0 Å². The van der Waals surface area contributed by atoms with Crippen LogP contribution in [0.3, 0.4) is 0 Å². The van der Waals surface area contributed by atoms with Crippen molar-refractivity contribution in [1.82, 2.24) is 0 Å². The van der Waals surface area contributed by atoms with Crippen molar-refractivity contribution >= 4 is 5.97 Å². The lowest BCUT2D eigenvalue weighted by atomic mass is 10.1. The van der Waals surface area contributed by atoms with Crippen molar-refractivity contribution in [3.8, 4) is 0 Å². The topological polar surface area (TPSA) is 59.1 Å². The molecule has 0 aliphatic carbocycles. The fourth-order valence-electron chi connectivity index (χ4n) is 1.14. The van der Waals surface area contributed by atoms with Crippen LogP contribution < -0.4 is 0 Å². The molecule has 0 bridgehead atoms. The van der Waals surface area contributed by atoms with Crippen molar-refractivity contribution in [2.24, 2.45) is 0 Å². The van der Waals surface area contributed by atoms with Crippen molar-refractivity contribution in [3.63, 3.8) is 0 Å². The van der Waals surface area contributed by atoms with Gasteiger partial charge in [0.1, 0.15) is 6.10 Å². The van der Waals surface area contributed by atoms with Crippen LogP contribution in [0.2, 0.25) is 0 Å². The molecular formula is C8H14O4. The lowest BCUT2D eigenvalue weighted by Gasteiger charge is -1.96. The first-order valence-electron chi connectivity index (χ1n) is 4.11. The zero-order valence-corrected chi connectivity index (χ0v) is 7.16. The van der Waals surface area contributed by atoms with E-state index in [1.165, 1.54) is 7.11 Å². The van der Waals surface area contributed by atoms with Gasteiger partial charge in [0.15, 0.2) is 0 Å². The van der Waals surface area contributed by atoms with Crippen molar-refractivity contribution in [1.29, 1.82) is 0 Å². The van der Waals surface area contributed by atoms with Gasteiger partial charge in [0.05, 0.1) is 19.8 Å². The predicted molar refractivity (Wildman–Crippen MR) is 41.6 cm³/mol. The number of epoxide rings is 1. The Labute approximate surface area is 71.5 Å². The number of hydrogen-bond donors (Lipinski definition) is 1. The second kappa shape index (κ2) is 4.42. The van der Waals surface area contributed by atoms with E-state index < -0.39 is 0 Å². The number of aliphatic hydroxyl groups excluding tert-OH is 1. The van der Waals surface area contributed by atoms with Crippen LogP contribution in [-0.4, -0.2) is 37.0 Å². The second-order valence-corrected chi connectivity index (χ2v) is 2.86. The van der Waals surface area contributed by atoms with Gasteiger partial charge in [-0.2, -0.15) is 0 Å². The molecule has 0 aromatic heterocycles. The molecule has 0 saturated carbocycles. The Morgan fingerprint density at radius 1 is 1.58 bits per heavy atom. The molecule has 0 amide bonds. The zero-order valence-electron chi connectivity index (χ0n) is 7.16. The summed E-state index contributed by atoms with van der Waals surface area (Å²) >= 11 is 0. The highest BCUT2D eigenvalue weighted by molar-refractivity contribution is 5.68. The Morgan fingerprint density at radius 3 is 2.83 bits per heavy atom. The lowest BCUT2D eigenvalue weighted by Crippen LogP contribution is -2.02. The van der Waals surface area contributed by atoms with Gasteiger partial charge in [0.25, 0.3) is 0 Å². The summed E-state index contributed by atoms with van der Waals surface area (Å²) in [5, 5.41) is 8.61. The third-order valence-corrected chi connectivity index (χ3v) is 1.96. The number of methoxy groups -OCH3 is 1. The molecule has 1 rings (SSSR count). The zero-order chi connectivity index (χ0) is 8.97. The normalized spacial score (nSPS) is 26.8. The second-order valence-electron chi connectivity index (χ2n) is 2.86. The minimum atomic E-state index is -0.184. The molecule has 1 fully saturated rings. The molecule has 4 heteroatoms. The van der Waals surface area contributed by atoms with Crippen LogP contribution in [0, 0.1) is 0 Å². The Balaban J connectivity index is 1.94. The molecule has 12 heavy (non-hydrogen) atoms. The van der Waals surface area contributed by atoms with Gasteiger partial charge < -0.3 is 14.6 Å². The molecular weight excluding hydrogens is 160 g/mol. The molecule has 1 aliphatic rings. The van der Waals surface area contributed by atoms with Crippen molar-refractivity contribution in [3.05, 3.63) is 0 Å². The van der Waals surface area contributed by atoms with Crippen molar-refractivity contribution < 1.29 is 19.4 Å². The molecule has 1 saturated heterocycles.